The van der Waals surface area contributed by atoms with Gasteiger partial charge in [0.2, 0.25) is 0 Å². The lowest BCUT2D eigenvalue weighted by Crippen LogP contribution is -2.52. The number of carbonyl (C=O) groups excluding carboxylic acids is 2. The van der Waals surface area contributed by atoms with Gasteiger partial charge in [-0.2, -0.15) is 0 Å². The molecular formula is C13H21NO3. The highest BCUT2D eigenvalue weighted by atomic mass is 16.6. The van der Waals surface area contributed by atoms with Crippen molar-refractivity contribution < 1.29 is 14.3 Å². The van der Waals surface area contributed by atoms with E-state index < -0.39 is 5.60 Å². The fourth-order valence-corrected chi connectivity index (χ4v) is 2.84. The third-order valence-corrected chi connectivity index (χ3v) is 3.67. The molecule has 2 rings (SSSR count). The molecule has 0 aromatic rings. The van der Waals surface area contributed by atoms with Crippen molar-refractivity contribution in [2.45, 2.75) is 64.6 Å². The molecule has 0 saturated carbocycles. The summed E-state index contributed by atoms with van der Waals surface area (Å²) in [5.41, 5.74) is -0.471. The van der Waals surface area contributed by atoms with Crippen LogP contribution in [-0.2, 0) is 9.53 Å². The molecule has 0 unspecified atom stereocenters. The molecule has 96 valence electrons. The second-order valence-corrected chi connectivity index (χ2v) is 6.15. The van der Waals surface area contributed by atoms with E-state index in [-0.39, 0.29) is 29.9 Å². The molecule has 4 heteroatoms. The predicted octanol–water partition coefficient (Wildman–Crippen LogP) is 2.36. The summed E-state index contributed by atoms with van der Waals surface area (Å²) in [4.78, 5) is 25.7. The van der Waals surface area contributed by atoms with E-state index in [4.69, 9.17) is 4.74 Å². The van der Waals surface area contributed by atoms with Gasteiger partial charge in [0, 0.05) is 24.4 Å². The fourth-order valence-electron chi connectivity index (χ4n) is 2.84. The minimum atomic E-state index is -0.471. The van der Waals surface area contributed by atoms with Crippen molar-refractivity contribution in [2.75, 3.05) is 0 Å². The summed E-state index contributed by atoms with van der Waals surface area (Å²) in [5.74, 6) is 0.249. The summed E-state index contributed by atoms with van der Waals surface area (Å²) in [6.07, 6.45) is 2.10. The first-order valence-corrected chi connectivity index (χ1v) is 6.33. The van der Waals surface area contributed by atoms with Gasteiger partial charge in [0.15, 0.2) is 0 Å². The first-order valence-electron chi connectivity index (χ1n) is 6.33. The predicted molar refractivity (Wildman–Crippen MR) is 63.7 cm³/mol. The molecule has 1 amide bonds. The lowest BCUT2D eigenvalue weighted by molar-refractivity contribution is -0.128. The average molecular weight is 239 g/mol. The summed E-state index contributed by atoms with van der Waals surface area (Å²) in [5, 5.41) is 0. The zero-order valence-corrected chi connectivity index (χ0v) is 11.0. The maximum Gasteiger partial charge on any atom is 0.410 e. The Bertz CT molecular complexity index is 345. The average Bonchev–Trinajstić information content (AvgIpc) is 2.51. The molecule has 3 atom stereocenters. The van der Waals surface area contributed by atoms with Crippen LogP contribution in [0.25, 0.3) is 0 Å². The summed E-state index contributed by atoms with van der Waals surface area (Å²) in [7, 11) is 0. The van der Waals surface area contributed by atoms with E-state index in [9.17, 15) is 9.59 Å². The van der Waals surface area contributed by atoms with Crippen LogP contribution in [0.4, 0.5) is 4.79 Å². The van der Waals surface area contributed by atoms with E-state index in [0.717, 1.165) is 12.8 Å². The topological polar surface area (TPSA) is 46.6 Å². The Hall–Kier alpha value is -1.06. The highest BCUT2D eigenvalue weighted by molar-refractivity contribution is 5.85. The van der Waals surface area contributed by atoms with E-state index >= 15 is 0 Å². The van der Waals surface area contributed by atoms with E-state index in [1.165, 1.54) is 0 Å². The molecule has 17 heavy (non-hydrogen) atoms. The molecule has 2 aliphatic heterocycles. The molecule has 0 aromatic heterocycles. The number of rotatable bonds is 0. The lowest BCUT2D eigenvalue weighted by Gasteiger charge is -2.38. The van der Waals surface area contributed by atoms with Crippen LogP contribution in [0, 0.1) is 5.92 Å². The molecule has 2 saturated heterocycles. The van der Waals surface area contributed by atoms with E-state index in [0.29, 0.717) is 6.42 Å². The zero-order valence-electron chi connectivity index (χ0n) is 11.0. The van der Waals surface area contributed by atoms with Gasteiger partial charge in [0.05, 0.1) is 0 Å². The first kappa shape index (κ1) is 12.4. The normalized spacial score (nSPS) is 32.8. The Morgan fingerprint density at radius 2 is 2.00 bits per heavy atom. The minimum absolute atomic E-state index is 0.0405. The highest BCUT2D eigenvalue weighted by Gasteiger charge is 2.48. The summed E-state index contributed by atoms with van der Waals surface area (Å²) < 4.78 is 5.42. The molecule has 2 bridgehead atoms. The Labute approximate surface area is 102 Å². The SMILES string of the molecule is C[C@@H]1C(=O)C[C@H]2CC[C@H]1N2C(=O)OC(C)(C)C. The van der Waals surface area contributed by atoms with Crippen molar-refractivity contribution in [1.82, 2.24) is 4.90 Å². The number of ketones is 1. The number of fused-ring (bicyclic) bond motifs is 2. The smallest absolute Gasteiger partial charge is 0.410 e. The molecule has 4 nitrogen and oxygen atoms in total. The number of nitrogens with zero attached hydrogens (tertiary/aromatic N) is 1. The number of ether oxygens (including phenoxy) is 1. The molecule has 2 aliphatic rings. The summed E-state index contributed by atoms with van der Waals surface area (Å²) in [6.45, 7) is 7.52. The van der Waals surface area contributed by atoms with Crippen LogP contribution in [0.15, 0.2) is 0 Å². The Kier molecular flexibility index (Phi) is 2.92. The summed E-state index contributed by atoms with van der Waals surface area (Å²) >= 11 is 0. The van der Waals surface area contributed by atoms with E-state index in [2.05, 4.69) is 0 Å². The van der Waals surface area contributed by atoms with Gasteiger partial charge in [0.1, 0.15) is 11.4 Å². The van der Waals surface area contributed by atoms with Crippen molar-refractivity contribution in [1.29, 1.82) is 0 Å². The standard InChI is InChI=1S/C13H21NO3/c1-8-10-6-5-9(7-11(8)15)14(10)12(16)17-13(2,3)4/h8-10H,5-7H2,1-4H3/t8-,9+,10+/m0/s1. The van der Waals surface area contributed by atoms with Gasteiger partial charge in [-0.05, 0) is 33.6 Å². The van der Waals surface area contributed by atoms with Gasteiger partial charge < -0.3 is 9.64 Å². The van der Waals surface area contributed by atoms with Gasteiger partial charge in [-0.1, -0.05) is 6.92 Å². The minimum Gasteiger partial charge on any atom is -0.444 e. The second kappa shape index (κ2) is 4.00. The van der Waals surface area contributed by atoms with Gasteiger partial charge in [-0.3, -0.25) is 4.79 Å². The number of carbonyl (C=O) groups is 2. The van der Waals surface area contributed by atoms with Gasteiger partial charge in [0.25, 0.3) is 0 Å². The quantitative estimate of drug-likeness (QED) is 0.652. The molecule has 0 spiro atoms. The summed E-state index contributed by atoms with van der Waals surface area (Å²) in [6, 6.07) is 0.120. The molecule has 0 N–H and O–H groups in total. The van der Waals surface area contributed by atoms with Crippen LogP contribution < -0.4 is 0 Å². The Morgan fingerprint density at radius 1 is 1.35 bits per heavy atom. The number of hydrogen-bond donors (Lipinski definition) is 0. The maximum absolute atomic E-state index is 12.1. The fraction of sp³-hybridized carbons (Fsp3) is 0.846. The molecule has 2 fully saturated rings. The number of amides is 1. The van der Waals surface area contributed by atoms with Crippen molar-refractivity contribution in [3.63, 3.8) is 0 Å². The number of hydrogen-bond acceptors (Lipinski definition) is 3. The van der Waals surface area contributed by atoms with Crippen molar-refractivity contribution in [3.05, 3.63) is 0 Å². The maximum atomic E-state index is 12.1. The number of Topliss-reactive ketones (excluding diaryl/α,β-unsaturated/α-hetero) is 1. The van der Waals surface area contributed by atoms with Gasteiger partial charge >= 0.3 is 6.09 Å². The van der Waals surface area contributed by atoms with E-state index in [1.54, 1.807) is 4.90 Å². The largest absolute Gasteiger partial charge is 0.444 e. The van der Waals surface area contributed by atoms with Gasteiger partial charge in [-0.25, -0.2) is 4.79 Å². The first-order chi connectivity index (χ1) is 7.79. The highest BCUT2D eigenvalue weighted by Crippen LogP contribution is 2.38. The second-order valence-electron chi connectivity index (χ2n) is 6.15. The molecule has 2 heterocycles. The number of piperidine rings is 1. The third-order valence-electron chi connectivity index (χ3n) is 3.67. The van der Waals surface area contributed by atoms with Crippen molar-refractivity contribution in [2.24, 2.45) is 5.92 Å². The van der Waals surface area contributed by atoms with Crippen LogP contribution >= 0.6 is 0 Å². The van der Waals surface area contributed by atoms with Crippen molar-refractivity contribution >= 4 is 11.9 Å². The van der Waals surface area contributed by atoms with Crippen molar-refractivity contribution in [3.8, 4) is 0 Å². The zero-order chi connectivity index (χ0) is 12.8. The molecule has 0 aromatic carbocycles. The Balaban J connectivity index is 2.12. The van der Waals surface area contributed by atoms with Crippen LogP contribution in [0.1, 0.15) is 47.0 Å². The monoisotopic (exact) mass is 239 g/mol. The Morgan fingerprint density at radius 3 is 2.59 bits per heavy atom. The lowest BCUT2D eigenvalue weighted by atomic mass is 9.91. The molecular weight excluding hydrogens is 218 g/mol. The van der Waals surface area contributed by atoms with Crippen LogP contribution in [0.2, 0.25) is 0 Å². The third kappa shape index (κ3) is 2.31. The van der Waals surface area contributed by atoms with Crippen LogP contribution in [0.3, 0.4) is 0 Å². The molecule has 0 radical (unpaired) electrons. The molecule has 0 aliphatic carbocycles. The van der Waals surface area contributed by atoms with Crippen LogP contribution in [-0.4, -0.2) is 34.5 Å². The van der Waals surface area contributed by atoms with E-state index in [1.807, 2.05) is 27.7 Å². The van der Waals surface area contributed by atoms with Crippen LogP contribution in [0.5, 0.6) is 0 Å². The van der Waals surface area contributed by atoms with Gasteiger partial charge in [-0.15, -0.1) is 0 Å².